The minimum atomic E-state index is -3.85. The van der Waals surface area contributed by atoms with E-state index in [0.29, 0.717) is 23.5 Å². The number of aromatic nitrogens is 1. The zero-order valence-electron chi connectivity index (χ0n) is 16.1. The number of halogens is 1. The molecule has 9 heteroatoms. The van der Waals surface area contributed by atoms with Crippen LogP contribution in [-0.4, -0.2) is 38.4 Å². The van der Waals surface area contributed by atoms with E-state index in [-0.39, 0.29) is 10.8 Å². The van der Waals surface area contributed by atoms with Gasteiger partial charge >= 0.3 is 0 Å². The molecule has 156 valence electrons. The maximum absolute atomic E-state index is 13.0. The SMILES string of the molecule is O=C1[C@@H](NS(=O)(=O)c2ccc3c(Cl)c[nH]c3c2)CCN1c1ccc2c(c1)CCNC2. The number of carbonyl (C=O) groups excluding carboxylic acids is 1. The van der Waals surface area contributed by atoms with E-state index in [1.165, 1.54) is 23.3 Å². The summed E-state index contributed by atoms with van der Waals surface area (Å²) in [6.07, 6.45) is 2.96. The molecule has 1 aromatic heterocycles. The quantitative estimate of drug-likeness (QED) is 0.576. The molecule has 0 spiro atoms. The summed E-state index contributed by atoms with van der Waals surface area (Å²) in [5, 5.41) is 4.62. The molecular weight excluding hydrogens is 424 g/mol. The van der Waals surface area contributed by atoms with Crippen molar-refractivity contribution in [2.75, 3.05) is 18.0 Å². The number of nitrogens with zero attached hydrogens (tertiary/aromatic N) is 1. The molecule has 1 fully saturated rings. The van der Waals surface area contributed by atoms with Gasteiger partial charge in [-0.05, 0) is 60.8 Å². The van der Waals surface area contributed by atoms with Gasteiger partial charge in [-0.2, -0.15) is 4.72 Å². The largest absolute Gasteiger partial charge is 0.360 e. The van der Waals surface area contributed by atoms with Crippen molar-refractivity contribution in [1.29, 1.82) is 0 Å². The molecule has 3 N–H and O–H groups in total. The molecule has 5 rings (SSSR count). The second-order valence-electron chi connectivity index (χ2n) is 7.68. The number of anilines is 1. The zero-order chi connectivity index (χ0) is 20.9. The average molecular weight is 445 g/mol. The van der Waals surface area contributed by atoms with Crippen molar-refractivity contribution in [3.05, 3.63) is 58.7 Å². The van der Waals surface area contributed by atoms with Gasteiger partial charge in [-0.25, -0.2) is 8.42 Å². The predicted octanol–water partition coefficient (Wildman–Crippen LogP) is 2.55. The molecule has 0 aliphatic carbocycles. The summed E-state index contributed by atoms with van der Waals surface area (Å²) >= 11 is 6.06. The summed E-state index contributed by atoms with van der Waals surface area (Å²) in [6, 6.07) is 9.93. The van der Waals surface area contributed by atoms with E-state index in [9.17, 15) is 13.2 Å². The van der Waals surface area contributed by atoms with Crippen LogP contribution in [0.15, 0.2) is 47.5 Å². The molecule has 1 atom stereocenters. The molecular formula is C21H21ClN4O3S. The normalized spacial score (nSPS) is 19.4. The minimum absolute atomic E-state index is 0.0982. The number of nitrogens with one attached hydrogen (secondary N) is 3. The Kier molecular flexibility index (Phi) is 4.82. The smallest absolute Gasteiger partial charge is 0.245 e. The number of carbonyl (C=O) groups is 1. The summed E-state index contributed by atoms with van der Waals surface area (Å²) < 4.78 is 28.3. The van der Waals surface area contributed by atoms with E-state index < -0.39 is 16.1 Å². The average Bonchev–Trinajstić information content (AvgIpc) is 3.30. The number of hydrogen-bond donors (Lipinski definition) is 3. The number of benzene rings is 2. The first-order chi connectivity index (χ1) is 14.4. The first kappa shape index (κ1) is 19.6. The number of aromatic amines is 1. The predicted molar refractivity (Wildman–Crippen MR) is 116 cm³/mol. The maximum atomic E-state index is 13.0. The van der Waals surface area contributed by atoms with E-state index >= 15 is 0 Å². The summed E-state index contributed by atoms with van der Waals surface area (Å²) in [6.45, 7) is 2.24. The van der Waals surface area contributed by atoms with Crippen molar-refractivity contribution >= 4 is 44.1 Å². The highest BCUT2D eigenvalue weighted by atomic mass is 35.5. The molecule has 0 radical (unpaired) electrons. The summed E-state index contributed by atoms with van der Waals surface area (Å²) in [4.78, 5) is 17.7. The number of hydrogen-bond acceptors (Lipinski definition) is 4. The van der Waals surface area contributed by atoms with Gasteiger partial charge in [0.15, 0.2) is 0 Å². The molecule has 0 saturated carbocycles. The molecule has 3 heterocycles. The molecule has 1 saturated heterocycles. The summed E-state index contributed by atoms with van der Waals surface area (Å²) in [5.41, 5.74) is 3.94. The maximum Gasteiger partial charge on any atom is 0.245 e. The molecule has 2 aliphatic rings. The van der Waals surface area contributed by atoms with Gasteiger partial charge in [-0.15, -0.1) is 0 Å². The van der Waals surface area contributed by atoms with Crippen LogP contribution in [0.1, 0.15) is 17.5 Å². The second kappa shape index (κ2) is 7.39. The lowest BCUT2D eigenvalue weighted by atomic mass is 10.0. The van der Waals surface area contributed by atoms with Crippen LogP contribution in [0.5, 0.6) is 0 Å². The lowest BCUT2D eigenvalue weighted by Crippen LogP contribution is -2.41. The van der Waals surface area contributed by atoms with Gasteiger partial charge in [0.2, 0.25) is 15.9 Å². The number of sulfonamides is 1. The summed E-state index contributed by atoms with van der Waals surface area (Å²) in [7, 11) is -3.85. The standard InChI is InChI=1S/C21H21ClN4O3S/c22-18-12-24-20-10-16(3-4-17(18)20)30(28,29)25-19-6-8-26(21(19)27)15-2-1-14-11-23-7-5-13(14)9-15/h1-4,9-10,12,19,23-25H,5-8,11H2/t19-/m0/s1. The Morgan fingerprint density at radius 2 is 2.00 bits per heavy atom. The first-order valence-corrected chi connectivity index (χ1v) is 11.7. The van der Waals surface area contributed by atoms with Crippen molar-refractivity contribution in [2.24, 2.45) is 0 Å². The lowest BCUT2D eigenvalue weighted by Gasteiger charge is -2.22. The third kappa shape index (κ3) is 3.39. The highest BCUT2D eigenvalue weighted by Gasteiger charge is 2.36. The molecule has 2 aromatic carbocycles. The van der Waals surface area contributed by atoms with Gasteiger partial charge in [-0.3, -0.25) is 4.79 Å². The Balaban J connectivity index is 1.35. The van der Waals surface area contributed by atoms with Crippen LogP contribution in [0.25, 0.3) is 10.9 Å². The Bertz CT molecular complexity index is 1250. The van der Waals surface area contributed by atoms with Crippen LogP contribution in [0.2, 0.25) is 5.02 Å². The van der Waals surface area contributed by atoms with Crippen molar-refractivity contribution in [2.45, 2.75) is 30.3 Å². The van der Waals surface area contributed by atoms with E-state index in [4.69, 9.17) is 11.6 Å². The fraction of sp³-hybridized carbons (Fsp3) is 0.286. The van der Waals surface area contributed by atoms with Gasteiger partial charge in [0, 0.05) is 35.9 Å². The highest BCUT2D eigenvalue weighted by molar-refractivity contribution is 7.89. The van der Waals surface area contributed by atoms with Crippen molar-refractivity contribution in [3.8, 4) is 0 Å². The van der Waals surface area contributed by atoms with Crippen LogP contribution >= 0.6 is 11.6 Å². The lowest BCUT2D eigenvalue weighted by molar-refractivity contribution is -0.118. The number of H-pyrrole nitrogens is 1. The molecule has 0 bridgehead atoms. The third-order valence-corrected chi connectivity index (χ3v) is 7.59. The van der Waals surface area contributed by atoms with Gasteiger partial charge in [-0.1, -0.05) is 17.7 Å². The molecule has 0 unspecified atom stereocenters. The van der Waals surface area contributed by atoms with Crippen LogP contribution in [0.3, 0.4) is 0 Å². The second-order valence-corrected chi connectivity index (χ2v) is 9.80. The van der Waals surface area contributed by atoms with E-state index in [1.807, 2.05) is 18.2 Å². The molecule has 3 aromatic rings. The Hall–Kier alpha value is -2.39. The topological polar surface area (TPSA) is 94.3 Å². The molecule has 30 heavy (non-hydrogen) atoms. The number of amides is 1. The Morgan fingerprint density at radius 1 is 1.13 bits per heavy atom. The monoisotopic (exact) mass is 444 g/mol. The third-order valence-electron chi connectivity index (χ3n) is 5.80. The van der Waals surface area contributed by atoms with E-state index in [0.717, 1.165) is 30.6 Å². The summed E-state index contributed by atoms with van der Waals surface area (Å²) in [5.74, 6) is -0.226. The molecule has 2 aliphatic heterocycles. The molecule has 7 nitrogen and oxygen atoms in total. The Labute approximate surface area is 179 Å². The van der Waals surface area contributed by atoms with Crippen molar-refractivity contribution < 1.29 is 13.2 Å². The van der Waals surface area contributed by atoms with Gasteiger partial charge in [0.25, 0.3) is 0 Å². The van der Waals surface area contributed by atoms with E-state index in [1.54, 1.807) is 17.2 Å². The van der Waals surface area contributed by atoms with Crippen molar-refractivity contribution in [3.63, 3.8) is 0 Å². The zero-order valence-corrected chi connectivity index (χ0v) is 17.7. The number of rotatable bonds is 4. The fourth-order valence-electron chi connectivity index (χ4n) is 4.17. The van der Waals surface area contributed by atoms with E-state index in [2.05, 4.69) is 15.0 Å². The highest BCUT2D eigenvalue weighted by Crippen LogP contribution is 2.28. The minimum Gasteiger partial charge on any atom is -0.360 e. The van der Waals surface area contributed by atoms with Gasteiger partial charge < -0.3 is 15.2 Å². The van der Waals surface area contributed by atoms with Crippen LogP contribution in [0, 0.1) is 0 Å². The number of fused-ring (bicyclic) bond motifs is 2. The van der Waals surface area contributed by atoms with Crippen LogP contribution in [-0.2, 0) is 27.8 Å². The van der Waals surface area contributed by atoms with Crippen molar-refractivity contribution in [1.82, 2.24) is 15.0 Å². The van der Waals surface area contributed by atoms with Crippen LogP contribution in [0.4, 0.5) is 5.69 Å². The molecule has 1 amide bonds. The first-order valence-electron chi connectivity index (χ1n) is 9.85. The Morgan fingerprint density at radius 3 is 2.87 bits per heavy atom. The van der Waals surface area contributed by atoms with Crippen LogP contribution < -0.4 is 14.9 Å². The van der Waals surface area contributed by atoms with Gasteiger partial charge in [0.05, 0.1) is 9.92 Å². The van der Waals surface area contributed by atoms with Gasteiger partial charge in [0.1, 0.15) is 6.04 Å². The fourth-order valence-corrected chi connectivity index (χ4v) is 5.64.